The molecule has 2 aromatic heterocycles. The minimum Gasteiger partial charge on any atom is -0.504 e. The molecule has 1 fully saturated rings. The van der Waals surface area contributed by atoms with Crippen LogP contribution in [0, 0.1) is 17.1 Å². The lowest BCUT2D eigenvalue weighted by atomic mass is 9.95. The van der Waals surface area contributed by atoms with E-state index < -0.39 is 11.6 Å². The Morgan fingerprint density at radius 2 is 2.21 bits per heavy atom. The van der Waals surface area contributed by atoms with Gasteiger partial charge in [-0.1, -0.05) is 6.07 Å². The standard InChI is InChI=1S/C23H21FN6O3/c1-23-7-15(33-20-5-13(8-25)14(11-31)9-26-20)10-30(23)19-6-18(28-29-22(19)27-12-23)16-3-2-4-17(24)21(16)32/h2-6,9,15,31-32H,7,10-12H2,1H3,(H,27,29)/t15-,23+/m1/s1. The van der Waals surface area contributed by atoms with Gasteiger partial charge in [0.25, 0.3) is 0 Å². The summed E-state index contributed by atoms with van der Waals surface area (Å²) in [5.74, 6) is -0.263. The fourth-order valence-electron chi connectivity index (χ4n) is 4.50. The van der Waals surface area contributed by atoms with Gasteiger partial charge in [0.15, 0.2) is 17.4 Å². The van der Waals surface area contributed by atoms with Crippen molar-refractivity contribution in [2.45, 2.75) is 31.6 Å². The number of phenolic OH excluding ortho intramolecular Hbond substituents is 1. The molecule has 0 radical (unpaired) electrons. The number of benzene rings is 1. The highest BCUT2D eigenvalue weighted by atomic mass is 19.1. The second-order valence-electron chi connectivity index (χ2n) is 8.45. The van der Waals surface area contributed by atoms with Gasteiger partial charge in [-0.3, -0.25) is 0 Å². The number of nitriles is 1. The third-order valence-corrected chi connectivity index (χ3v) is 6.21. The summed E-state index contributed by atoms with van der Waals surface area (Å²) < 4.78 is 20.0. The fourth-order valence-corrected chi connectivity index (χ4v) is 4.50. The van der Waals surface area contributed by atoms with Gasteiger partial charge in [-0.05, 0) is 25.1 Å². The maximum atomic E-state index is 13.9. The van der Waals surface area contributed by atoms with Crippen LogP contribution in [-0.2, 0) is 6.61 Å². The van der Waals surface area contributed by atoms with Gasteiger partial charge in [-0.2, -0.15) is 5.26 Å². The molecule has 0 aliphatic carbocycles. The molecule has 4 heterocycles. The molecule has 3 N–H and O–H groups in total. The molecule has 10 heteroatoms. The van der Waals surface area contributed by atoms with E-state index in [0.717, 1.165) is 5.69 Å². The van der Waals surface area contributed by atoms with Gasteiger partial charge in [-0.15, -0.1) is 10.2 Å². The van der Waals surface area contributed by atoms with Crippen LogP contribution in [0.4, 0.5) is 15.9 Å². The molecule has 168 valence electrons. The zero-order chi connectivity index (χ0) is 23.2. The molecular formula is C23H21FN6O3. The number of aliphatic hydroxyl groups excluding tert-OH is 1. The minimum atomic E-state index is -0.721. The van der Waals surface area contributed by atoms with Crippen LogP contribution in [0.2, 0.25) is 0 Å². The average molecular weight is 448 g/mol. The average Bonchev–Trinajstić information content (AvgIpc) is 3.16. The molecule has 1 saturated heterocycles. The van der Waals surface area contributed by atoms with E-state index in [1.54, 1.807) is 12.1 Å². The summed E-state index contributed by atoms with van der Waals surface area (Å²) in [6.45, 7) is 3.00. The molecule has 3 aromatic rings. The topological polar surface area (TPSA) is 127 Å². The predicted octanol–water partition coefficient (Wildman–Crippen LogP) is 2.59. The molecule has 1 aromatic carbocycles. The Morgan fingerprint density at radius 1 is 1.36 bits per heavy atom. The summed E-state index contributed by atoms with van der Waals surface area (Å²) >= 11 is 0. The van der Waals surface area contributed by atoms with Crippen molar-refractivity contribution >= 4 is 11.5 Å². The summed E-state index contributed by atoms with van der Waals surface area (Å²) in [5, 5.41) is 40.5. The minimum absolute atomic E-state index is 0.207. The molecule has 0 spiro atoms. The van der Waals surface area contributed by atoms with E-state index >= 15 is 0 Å². The van der Waals surface area contributed by atoms with Gasteiger partial charge in [0.2, 0.25) is 5.88 Å². The number of aromatic hydroxyl groups is 1. The summed E-state index contributed by atoms with van der Waals surface area (Å²) in [6, 6.07) is 9.66. The van der Waals surface area contributed by atoms with Gasteiger partial charge in [0.1, 0.15) is 6.10 Å². The lowest BCUT2D eigenvalue weighted by Crippen LogP contribution is -2.50. The van der Waals surface area contributed by atoms with E-state index in [-0.39, 0.29) is 23.8 Å². The summed E-state index contributed by atoms with van der Waals surface area (Å²) in [5.41, 5.74) is 1.90. The number of nitrogens with zero attached hydrogens (tertiary/aromatic N) is 5. The van der Waals surface area contributed by atoms with Crippen molar-refractivity contribution < 1.29 is 19.3 Å². The van der Waals surface area contributed by atoms with Crippen molar-refractivity contribution in [3.63, 3.8) is 0 Å². The largest absolute Gasteiger partial charge is 0.504 e. The number of anilines is 2. The number of halogens is 1. The SMILES string of the molecule is C[C@]12CNc3nnc(-c4cccc(F)c4O)cc3N1C[C@H](Oc1cc(C#N)c(CO)cn1)C2. The number of pyridine rings is 1. The highest BCUT2D eigenvalue weighted by molar-refractivity contribution is 5.77. The quantitative estimate of drug-likeness (QED) is 0.552. The smallest absolute Gasteiger partial charge is 0.214 e. The Labute approximate surface area is 189 Å². The number of rotatable bonds is 4. The Kier molecular flexibility index (Phi) is 4.98. The van der Waals surface area contributed by atoms with E-state index in [0.29, 0.717) is 48.0 Å². The van der Waals surface area contributed by atoms with Crippen molar-refractivity contribution in [3.05, 3.63) is 53.5 Å². The first-order valence-electron chi connectivity index (χ1n) is 10.5. The van der Waals surface area contributed by atoms with Crippen LogP contribution >= 0.6 is 0 Å². The van der Waals surface area contributed by atoms with Crippen molar-refractivity contribution in [2.75, 3.05) is 23.3 Å². The first kappa shape index (κ1) is 20.9. The maximum absolute atomic E-state index is 13.9. The third-order valence-electron chi connectivity index (χ3n) is 6.21. The molecule has 0 saturated carbocycles. The summed E-state index contributed by atoms with van der Waals surface area (Å²) in [7, 11) is 0. The van der Waals surface area contributed by atoms with Crippen LogP contribution in [0.25, 0.3) is 11.3 Å². The lowest BCUT2D eigenvalue weighted by molar-refractivity contribution is 0.204. The summed E-state index contributed by atoms with van der Waals surface area (Å²) in [4.78, 5) is 6.40. The van der Waals surface area contributed by atoms with Crippen molar-refractivity contribution in [2.24, 2.45) is 0 Å². The van der Waals surface area contributed by atoms with Gasteiger partial charge in [-0.25, -0.2) is 9.37 Å². The lowest BCUT2D eigenvalue weighted by Gasteiger charge is -2.41. The molecule has 2 aliphatic rings. The zero-order valence-corrected chi connectivity index (χ0v) is 17.8. The Bertz CT molecular complexity index is 1280. The number of aliphatic hydroxyl groups is 1. The molecular weight excluding hydrogens is 427 g/mol. The molecule has 0 bridgehead atoms. The monoisotopic (exact) mass is 448 g/mol. The first-order chi connectivity index (χ1) is 15.9. The third kappa shape index (κ3) is 3.56. The maximum Gasteiger partial charge on any atom is 0.214 e. The van der Waals surface area contributed by atoms with Gasteiger partial charge in [0, 0.05) is 36.4 Å². The van der Waals surface area contributed by atoms with E-state index in [1.807, 2.05) is 6.07 Å². The molecule has 5 rings (SSSR count). The Balaban J connectivity index is 1.44. The van der Waals surface area contributed by atoms with Gasteiger partial charge in [0.05, 0.1) is 41.7 Å². The molecule has 9 nitrogen and oxygen atoms in total. The fraction of sp³-hybridized carbons (Fsp3) is 0.304. The van der Waals surface area contributed by atoms with E-state index in [9.17, 15) is 19.9 Å². The van der Waals surface area contributed by atoms with E-state index in [2.05, 4.69) is 32.3 Å². The normalized spacial score (nSPS) is 21.0. The molecule has 33 heavy (non-hydrogen) atoms. The molecule has 2 atom stereocenters. The second kappa shape index (κ2) is 7.86. The number of hydrogen-bond acceptors (Lipinski definition) is 9. The Morgan fingerprint density at radius 3 is 3.00 bits per heavy atom. The van der Waals surface area contributed by atoms with Crippen LogP contribution in [0.5, 0.6) is 11.6 Å². The van der Waals surface area contributed by atoms with Crippen LogP contribution in [-0.4, -0.2) is 50.1 Å². The summed E-state index contributed by atoms with van der Waals surface area (Å²) in [6.07, 6.45) is 1.93. The van der Waals surface area contributed by atoms with Crippen LogP contribution in [0.1, 0.15) is 24.5 Å². The Hall–Kier alpha value is -3.97. The van der Waals surface area contributed by atoms with Crippen molar-refractivity contribution in [1.82, 2.24) is 15.2 Å². The van der Waals surface area contributed by atoms with Crippen molar-refractivity contribution in [1.29, 1.82) is 5.26 Å². The number of para-hydroxylation sites is 1. The highest BCUT2D eigenvalue weighted by Crippen LogP contribution is 2.43. The van der Waals surface area contributed by atoms with Gasteiger partial charge >= 0.3 is 0 Å². The number of fused-ring (bicyclic) bond motifs is 3. The molecule has 0 unspecified atom stereocenters. The zero-order valence-electron chi connectivity index (χ0n) is 17.8. The predicted molar refractivity (Wildman–Crippen MR) is 117 cm³/mol. The van der Waals surface area contributed by atoms with E-state index in [4.69, 9.17) is 4.74 Å². The molecule has 0 amide bonds. The van der Waals surface area contributed by atoms with Gasteiger partial charge < -0.3 is 25.2 Å². The number of hydrogen-bond donors (Lipinski definition) is 3. The highest BCUT2D eigenvalue weighted by Gasteiger charge is 2.47. The van der Waals surface area contributed by atoms with Crippen LogP contribution < -0.4 is 15.0 Å². The second-order valence-corrected chi connectivity index (χ2v) is 8.45. The van der Waals surface area contributed by atoms with Crippen LogP contribution in [0.3, 0.4) is 0 Å². The van der Waals surface area contributed by atoms with Crippen LogP contribution in [0.15, 0.2) is 36.5 Å². The number of aromatic nitrogens is 3. The number of phenols is 1. The van der Waals surface area contributed by atoms with Crippen molar-refractivity contribution in [3.8, 4) is 29.0 Å². The first-order valence-corrected chi connectivity index (χ1v) is 10.5. The number of ether oxygens (including phenoxy) is 1. The van der Waals surface area contributed by atoms with E-state index in [1.165, 1.54) is 24.4 Å². The molecule has 2 aliphatic heterocycles. The number of nitrogens with one attached hydrogen (secondary N) is 1.